The molecule has 2 aromatic heterocycles. The van der Waals surface area contributed by atoms with E-state index in [0.717, 1.165) is 18.5 Å². The molecule has 0 aliphatic heterocycles. The molecule has 1 aliphatic carbocycles. The van der Waals surface area contributed by atoms with Gasteiger partial charge in [0.2, 0.25) is 5.76 Å². The van der Waals surface area contributed by atoms with E-state index < -0.39 is 0 Å². The van der Waals surface area contributed by atoms with Gasteiger partial charge in [-0.25, -0.2) is 0 Å². The molecule has 4 nitrogen and oxygen atoms in total. The van der Waals surface area contributed by atoms with Crippen LogP contribution in [0.1, 0.15) is 18.5 Å². The van der Waals surface area contributed by atoms with Crippen molar-refractivity contribution in [2.75, 3.05) is 6.61 Å². The number of nitrogens with zero attached hydrogens (tertiary/aromatic N) is 1. The molecule has 1 aliphatic rings. The molecular formula is C11H11NO3. The summed E-state index contributed by atoms with van der Waals surface area (Å²) in [5, 5.41) is 13.2. The number of hydrogen-bond acceptors (Lipinski definition) is 4. The van der Waals surface area contributed by atoms with Gasteiger partial charge in [-0.2, -0.15) is 0 Å². The van der Waals surface area contributed by atoms with Crippen molar-refractivity contribution >= 4 is 0 Å². The van der Waals surface area contributed by atoms with E-state index in [4.69, 9.17) is 8.94 Å². The van der Waals surface area contributed by atoms with Crippen LogP contribution >= 0.6 is 0 Å². The fourth-order valence-electron chi connectivity index (χ4n) is 1.71. The lowest BCUT2D eigenvalue weighted by molar-refractivity contribution is 0.248. The maximum Gasteiger partial charge on any atom is 0.202 e. The van der Waals surface area contributed by atoms with E-state index in [9.17, 15) is 5.11 Å². The molecule has 1 saturated carbocycles. The van der Waals surface area contributed by atoms with Crippen molar-refractivity contribution in [1.29, 1.82) is 0 Å². The third-order valence-electron chi connectivity index (χ3n) is 2.97. The fraction of sp³-hybridized carbons (Fsp3) is 0.364. The van der Waals surface area contributed by atoms with Crippen LogP contribution in [0.4, 0.5) is 0 Å². The van der Waals surface area contributed by atoms with Gasteiger partial charge in [-0.1, -0.05) is 5.16 Å². The molecule has 0 atom stereocenters. The second-order valence-electron chi connectivity index (χ2n) is 3.99. The van der Waals surface area contributed by atoms with Crippen LogP contribution in [0.5, 0.6) is 0 Å². The van der Waals surface area contributed by atoms with Gasteiger partial charge < -0.3 is 14.0 Å². The molecule has 1 N–H and O–H groups in total. The molecule has 0 unspecified atom stereocenters. The van der Waals surface area contributed by atoms with E-state index in [-0.39, 0.29) is 12.0 Å². The van der Waals surface area contributed by atoms with E-state index in [1.165, 1.54) is 0 Å². The lowest BCUT2D eigenvalue weighted by Crippen LogP contribution is -2.11. The number of aromatic nitrogens is 1. The van der Waals surface area contributed by atoms with E-state index in [1.807, 2.05) is 12.1 Å². The molecule has 2 aromatic rings. The maximum absolute atomic E-state index is 9.24. The van der Waals surface area contributed by atoms with Crippen LogP contribution in [0.25, 0.3) is 11.5 Å². The molecule has 0 aromatic carbocycles. The number of hydrogen-bond donors (Lipinski definition) is 1. The number of furan rings is 1. The monoisotopic (exact) mass is 205 g/mol. The molecule has 0 amide bonds. The van der Waals surface area contributed by atoms with Crippen molar-refractivity contribution in [2.45, 2.75) is 18.3 Å². The molecule has 0 radical (unpaired) electrons. The summed E-state index contributed by atoms with van der Waals surface area (Å²) in [4.78, 5) is 0. The van der Waals surface area contributed by atoms with Crippen LogP contribution in [0.3, 0.4) is 0 Å². The average molecular weight is 205 g/mol. The van der Waals surface area contributed by atoms with Crippen molar-refractivity contribution < 1.29 is 14.0 Å². The van der Waals surface area contributed by atoms with Crippen LogP contribution in [-0.2, 0) is 5.41 Å². The smallest absolute Gasteiger partial charge is 0.202 e. The highest BCUT2D eigenvalue weighted by Crippen LogP contribution is 2.47. The summed E-state index contributed by atoms with van der Waals surface area (Å²) in [6.45, 7) is 0.136. The van der Waals surface area contributed by atoms with Crippen LogP contribution in [0.2, 0.25) is 0 Å². The molecule has 1 fully saturated rings. The minimum atomic E-state index is -0.145. The number of aliphatic hydroxyl groups excluding tert-OH is 1. The molecule has 78 valence electrons. The second-order valence-corrected chi connectivity index (χ2v) is 3.99. The fourth-order valence-corrected chi connectivity index (χ4v) is 1.71. The highest BCUT2D eigenvalue weighted by molar-refractivity contribution is 5.50. The van der Waals surface area contributed by atoms with Gasteiger partial charge in [0.05, 0.1) is 18.6 Å². The predicted molar refractivity (Wildman–Crippen MR) is 52.2 cm³/mol. The lowest BCUT2D eigenvalue weighted by Gasteiger charge is -2.04. The minimum Gasteiger partial charge on any atom is -0.461 e. The quantitative estimate of drug-likeness (QED) is 0.832. The largest absolute Gasteiger partial charge is 0.461 e. The number of rotatable bonds is 3. The zero-order valence-electron chi connectivity index (χ0n) is 8.14. The number of aliphatic hydroxyl groups is 1. The topological polar surface area (TPSA) is 59.4 Å². The van der Waals surface area contributed by atoms with Gasteiger partial charge in [-0.15, -0.1) is 0 Å². The van der Waals surface area contributed by atoms with E-state index in [0.29, 0.717) is 11.5 Å². The summed E-state index contributed by atoms with van der Waals surface area (Å²) in [6, 6.07) is 5.47. The molecular weight excluding hydrogens is 194 g/mol. The third-order valence-corrected chi connectivity index (χ3v) is 2.97. The van der Waals surface area contributed by atoms with Crippen molar-refractivity contribution in [3.05, 3.63) is 30.2 Å². The average Bonchev–Trinajstić information content (AvgIpc) is 2.74. The van der Waals surface area contributed by atoms with Crippen molar-refractivity contribution in [1.82, 2.24) is 5.16 Å². The van der Waals surface area contributed by atoms with Gasteiger partial charge >= 0.3 is 0 Å². The molecule has 0 saturated heterocycles. The lowest BCUT2D eigenvalue weighted by atomic mass is 10.0. The van der Waals surface area contributed by atoms with E-state index in [1.54, 1.807) is 12.3 Å². The van der Waals surface area contributed by atoms with Crippen LogP contribution in [0, 0.1) is 0 Å². The SMILES string of the molecule is OCC1(c2cc(-c3ccco3)on2)CC1. The van der Waals surface area contributed by atoms with E-state index in [2.05, 4.69) is 5.16 Å². The Morgan fingerprint density at radius 2 is 2.27 bits per heavy atom. The molecule has 4 heteroatoms. The molecule has 0 bridgehead atoms. The third kappa shape index (κ3) is 1.29. The molecule has 2 heterocycles. The Kier molecular flexibility index (Phi) is 1.73. The molecule has 15 heavy (non-hydrogen) atoms. The van der Waals surface area contributed by atoms with Gasteiger partial charge in [0, 0.05) is 11.5 Å². The Hall–Kier alpha value is -1.55. The Bertz CT molecular complexity index is 454. The highest BCUT2D eigenvalue weighted by Gasteiger charge is 2.46. The summed E-state index contributed by atoms with van der Waals surface area (Å²) in [5.74, 6) is 1.29. The van der Waals surface area contributed by atoms with Gasteiger partial charge in [-0.3, -0.25) is 0 Å². The van der Waals surface area contributed by atoms with Crippen molar-refractivity contribution in [2.24, 2.45) is 0 Å². The van der Waals surface area contributed by atoms with Gasteiger partial charge in [0.15, 0.2) is 5.76 Å². The van der Waals surface area contributed by atoms with Crippen molar-refractivity contribution in [3.8, 4) is 11.5 Å². The first-order valence-electron chi connectivity index (χ1n) is 4.96. The Morgan fingerprint density at radius 1 is 1.40 bits per heavy atom. The maximum atomic E-state index is 9.24. The van der Waals surface area contributed by atoms with E-state index >= 15 is 0 Å². The Morgan fingerprint density at radius 3 is 2.87 bits per heavy atom. The predicted octanol–water partition coefficient (Wildman–Crippen LogP) is 1.96. The molecule has 3 rings (SSSR count). The standard InChI is InChI=1S/C11H11NO3/c13-7-11(3-4-11)10-6-9(15-12-10)8-2-1-5-14-8/h1-2,5-6,13H,3-4,7H2. The highest BCUT2D eigenvalue weighted by atomic mass is 16.5. The van der Waals surface area contributed by atoms with Gasteiger partial charge in [0.1, 0.15) is 0 Å². The minimum absolute atomic E-state index is 0.136. The Balaban J connectivity index is 1.95. The normalized spacial score (nSPS) is 17.9. The summed E-state index contributed by atoms with van der Waals surface area (Å²) >= 11 is 0. The Labute approximate surface area is 86.5 Å². The van der Waals surface area contributed by atoms with Crippen LogP contribution < -0.4 is 0 Å². The van der Waals surface area contributed by atoms with Gasteiger partial charge in [0.25, 0.3) is 0 Å². The second kappa shape index (κ2) is 2.97. The zero-order valence-corrected chi connectivity index (χ0v) is 8.14. The zero-order chi connectivity index (χ0) is 10.3. The summed E-state index contributed by atoms with van der Waals surface area (Å²) in [5.41, 5.74) is 0.685. The van der Waals surface area contributed by atoms with Gasteiger partial charge in [-0.05, 0) is 25.0 Å². The van der Waals surface area contributed by atoms with Crippen LogP contribution in [-0.4, -0.2) is 16.9 Å². The first-order valence-corrected chi connectivity index (χ1v) is 4.96. The first kappa shape index (κ1) is 8.73. The summed E-state index contributed by atoms with van der Waals surface area (Å²) in [7, 11) is 0. The first-order chi connectivity index (χ1) is 7.34. The van der Waals surface area contributed by atoms with Crippen molar-refractivity contribution in [3.63, 3.8) is 0 Å². The summed E-state index contributed by atoms with van der Waals surface area (Å²) < 4.78 is 10.4. The van der Waals surface area contributed by atoms with Crippen LogP contribution in [0.15, 0.2) is 33.4 Å². The summed E-state index contributed by atoms with van der Waals surface area (Å²) in [6.07, 6.45) is 3.55. The molecule has 0 spiro atoms.